The van der Waals surface area contributed by atoms with Gasteiger partial charge in [0.1, 0.15) is 19.3 Å². The smallest absolute Gasteiger partial charge is 0.338 e. The number of allylic oxidation sites excluding steroid dienone is 1. The van der Waals surface area contributed by atoms with Gasteiger partial charge in [0.05, 0.1) is 12.7 Å². The first kappa shape index (κ1) is 27.8. The quantitative estimate of drug-likeness (QED) is 0.153. The van der Waals surface area contributed by atoms with Crippen LogP contribution in [0.1, 0.15) is 36.6 Å². The van der Waals surface area contributed by atoms with Crippen molar-refractivity contribution in [1.29, 1.82) is 0 Å². The molecule has 10 heteroatoms. The van der Waals surface area contributed by atoms with Crippen LogP contribution in [0.25, 0.3) is 0 Å². The van der Waals surface area contributed by atoms with Gasteiger partial charge in [-0.1, -0.05) is 83.1 Å². The van der Waals surface area contributed by atoms with E-state index < -0.39 is 12.0 Å². The molecular weight excluding hydrogens is 592 g/mol. The van der Waals surface area contributed by atoms with Crippen LogP contribution in [0, 0.1) is 0 Å². The highest BCUT2D eigenvalue weighted by molar-refractivity contribution is 9.10. The van der Waals surface area contributed by atoms with Crippen LogP contribution in [-0.2, 0) is 22.7 Å². The minimum Gasteiger partial charge on any atom is -0.493 e. The molecule has 1 atom stereocenters. The molecular formula is C30H29BrN4O4S. The Kier molecular flexibility index (Phi) is 8.76. The Hall–Kier alpha value is -3.76. The molecule has 8 nitrogen and oxygen atoms in total. The van der Waals surface area contributed by atoms with Gasteiger partial charge in [0, 0.05) is 10.2 Å². The van der Waals surface area contributed by atoms with Gasteiger partial charge < -0.3 is 19.5 Å². The van der Waals surface area contributed by atoms with Crippen LogP contribution in [0.2, 0.25) is 0 Å². The Morgan fingerprint density at radius 2 is 1.82 bits per heavy atom. The number of halogens is 1. The molecule has 206 valence electrons. The summed E-state index contributed by atoms with van der Waals surface area (Å²) in [4.78, 5) is 18.2. The van der Waals surface area contributed by atoms with Crippen LogP contribution in [0.5, 0.6) is 11.5 Å². The van der Waals surface area contributed by atoms with Gasteiger partial charge in [-0.3, -0.25) is 0 Å². The van der Waals surface area contributed by atoms with Crippen LogP contribution < -0.4 is 14.8 Å². The van der Waals surface area contributed by atoms with Gasteiger partial charge in [0.25, 0.3) is 0 Å². The number of hydrogen-bond donors (Lipinski definition) is 1. The third-order valence-electron chi connectivity index (χ3n) is 6.33. The Morgan fingerprint density at radius 3 is 2.58 bits per heavy atom. The van der Waals surface area contributed by atoms with E-state index in [9.17, 15) is 4.79 Å². The van der Waals surface area contributed by atoms with E-state index in [0.717, 1.165) is 26.9 Å². The highest BCUT2D eigenvalue weighted by Gasteiger charge is 2.36. The number of esters is 1. The first-order chi connectivity index (χ1) is 19.5. The summed E-state index contributed by atoms with van der Waals surface area (Å²) in [6.45, 7) is 4.44. The van der Waals surface area contributed by atoms with Gasteiger partial charge in [0.15, 0.2) is 11.5 Å². The van der Waals surface area contributed by atoms with Gasteiger partial charge in [0.2, 0.25) is 11.1 Å². The van der Waals surface area contributed by atoms with E-state index >= 15 is 0 Å². The zero-order chi connectivity index (χ0) is 28.1. The first-order valence-corrected chi connectivity index (χ1v) is 14.6. The Morgan fingerprint density at radius 1 is 1.02 bits per heavy atom. The fourth-order valence-electron chi connectivity index (χ4n) is 4.46. The maximum Gasteiger partial charge on any atom is 0.338 e. The minimum absolute atomic E-state index is 0.163. The molecule has 1 aliphatic rings. The second-order valence-electron chi connectivity index (χ2n) is 9.05. The van der Waals surface area contributed by atoms with Gasteiger partial charge in [-0.15, -0.1) is 5.10 Å². The number of nitrogens with zero attached hydrogens (tertiary/aromatic N) is 3. The minimum atomic E-state index is -0.578. The van der Waals surface area contributed by atoms with Crippen molar-refractivity contribution < 1.29 is 19.0 Å². The number of methoxy groups -OCH3 is 1. The van der Waals surface area contributed by atoms with Crippen LogP contribution in [-0.4, -0.2) is 33.6 Å². The van der Waals surface area contributed by atoms with Crippen LogP contribution in [0.15, 0.2) is 93.7 Å². The lowest BCUT2D eigenvalue weighted by molar-refractivity contribution is -0.140. The lowest BCUT2D eigenvalue weighted by Crippen LogP contribution is -2.29. The number of aromatic nitrogens is 3. The molecule has 0 amide bonds. The summed E-state index contributed by atoms with van der Waals surface area (Å²) in [5.41, 5.74) is 3.83. The number of anilines is 1. The second-order valence-corrected chi connectivity index (χ2v) is 11.2. The number of hydrogen-bond acceptors (Lipinski definition) is 8. The van der Waals surface area contributed by atoms with Crippen molar-refractivity contribution in [3.8, 4) is 11.5 Å². The summed E-state index contributed by atoms with van der Waals surface area (Å²) in [5.74, 6) is 2.09. The molecule has 1 aliphatic heterocycles. The molecule has 4 aromatic rings. The van der Waals surface area contributed by atoms with Crippen molar-refractivity contribution in [2.45, 2.75) is 38.3 Å². The number of carbonyl (C=O) groups excluding carboxylic acids is 1. The fraction of sp³-hybridized carbons (Fsp3) is 0.233. The highest BCUT2D eigenvalue weighted by Crippen LogP contribution is 2.40. The third-order valence-corrected chi connectivity index (χ3v) is 7.54. The number of thioether (sulfide) groups is 1. The molecule has 2 heterocycles. The maximum absolute atomic E-state index is 13.6. The molecule has 0 radical (unpaired) electrons. The zero-order valence-corrected chi connectivity index (χ0v) is 24.8. The normalized spacial score (nSPS) is 14.3. The average Bonchev–Trinajstić information content (AvgIpc) is 3.36. The van der Waals surface area contributed by atoms with Crippen molar-refractivity contribution in [3.05, 3.63) is 105 Å². The number of rotatable bonds is 10. The predicted molar refractivity (Wildman–Crippen MR) is 159 cm³/mol. The van der Waals surface area contributed by atoms with Crippen molar-refractivity contribution in [2.75, 3.05) is 18.2 Å². The molecule has 0 spiro atoms. The Bertz CT molecular complexity index is 1540. The van der Waals surface area contributed by atoms with E-state index in [4.69, 9.17) is 19.3 Å². The molecule has 1 N–H and O–H groups in total. The monoisotopic (exact) mass is 620 g/mol. The Labute approximate surface area is 245 Å². The van der Waals surface area contributed by atoms with Gasteiger partial charge in [-0.25, -0.2) is 9.48 Å². The number of ether oxygens (including phenoxy) is 3. The molecule has 1 aromatic heterocycles. The molecule has 3 aromatic carbocycles. The topological polar surface area (TPSA) is 87.5 Å². The third kappa shape index (κ3) is 6.18. The summed E-state index contributed by atoms with van der Waals surface area (Å²) in [6.07, 6.45) is 0. The SMILES string of the molecule is CCSc1nc2n(n1)C(c1ccc(OCc3cccc(Br)c3)c(OC)c1)C(C(=O)OCc1ccccc1)=C(C)N2. The summed E-state index contributed by atoms with van der Waals surface area (Å²) in [5, 5.41) is 8.61. The van der Waals surface area contributed by atoms with Crippen LogP contribution >= 0.6 is 27.7 Å². The van der Waals surface area contributed by atoms with E-state index in [1.54, 1.807) is 11.8 Å². The maximum atomic E-state index is 13.6. The van der Waals surface area contributed by atoms with Crippen molar-refractivity contribution in [1.82, 2.24) is 14.8 Å². The van der Waals surface area contributed by atoms with Crippen LogP contribution in [0.3, 0.4) is 0 Å². The zero-order valence-electron chi connectivity index (χ0n) is 22.4. The van der Waals surface area contributed by atoms with Gasteiger partial charge in [-0.2, -0.15) is 4.98 Å². The van der Waals surface area contributed by atoms with E-state index in [1.807, 2.05) is 86.6 Å². The summed E-state index contributed by atoms with van der Waals surface area (Å²) in [7, 11) is 1.60. The van der Waals surface area contributed by atoms with E-state index in [2.05, 4.69) is 26.2 Å². The largest absolute Gasteiger partial charge is 0.493 e. The summed E-state index contributed by atoms with van der Waals surface area (Å²) in [6, 6.07) is 22.6. The molecule has 0 aliphatic carbocycles. The lowest BCUT2D eigenvalue weighted by atomic mass is 9.95. The molecule has 0 fully saturated rings. The highest BCUT2D eigenvalue weighted by atomic mass is 79.9. The van der Waals surface area contributed by atoms with Crippen molar-refractivity contribution in [3.63, 3.8) is 0 Å². The number of benzene rings is 3. The molecule has 5 rings (SSSR count). The molecule has 0 saturated carbocycles. The van der Waals surface area contributed by atoms with Crippen molar-refractivity contribution >= 4 is 39.6 Å². The van der Waals surface area contributed by atoms with E-state index in [0.29, 0.717) is 40.5 Å². The van der Waals surface area contributed by atoms with Crippen LogP contribution in [0.4, 0.5) is 5.95 Å². The summed E-state index contributed by atoms with van der Waals surface area (Å²) >= 11 is 5.03. The standard InChI is InChI=1S/C30H29BrN4O4S/c1-4-40-30-33-29-32-19(2)26(28(36)39-17-20-9-6-5-7-10-20)27(35(29)34-30)22-13-14-24(25(16-22)37-3)38-18-21-11-8-12-23(31)15-21/h5-16,27H,4,17-18H2,1-3H3,(H,32,33,34). The van der Waals surface area contributed by atoms with E-state index in [1.165, 1.54) is 11.8 Å². The molecule has 0 bridgehead atoms. The lowest BCUT2D eigenvalue weighted by Gasteiger charge is -2.28. The molecule has 0 saturated heterocycles. The van der Waals surface area contributed by atoms with Gasteiger partial charge in [-0.05, 0) is 53.6 Å². The number of carbonyl (C=O) groups is 1. The van der Waals surface area contributed by atoms with Crippen molar-refractivity contribution in [2.24, 2.45) is 0 Å². The number of nitrogens with one attached hydrogen (secondary N) is 1. The fourth-order valence-corrected chi connectivity index (χ4v) is 5.46. The second kappa shape index (κ2) is 12.6. The predicted octanol–water partition coefficient (Wildman–Crippen LogP) is 6.77. The first-order valence-electron chi connectivity index (χ1n) is 12.8. The summed E-state index contributed by atoms with van der Waals surface area (Å²) < 4.78 is 20.3. The molecule has 1 unspecified atom stereocenters. The molecule has 40 heavy (non-hydrogen) atoms. The van der Waals surface area contributed by atoms with E-state index in [-0.39, 0.29) is 6.61 Å². The van der Waals surface area contributed by atoms with Gasteiger partial charge >= 0.3 is 5.97 Å². The average molecular weight is 622 g/mol. The Balaban J connectivity index is 1.48. The number of fused-ring (bicyclic) bond motifs is 1.